The third-order valence-electron chi connectivity index (χ3n) is 2.93. The molecule has 0 aliphatic rings. The number of hydrogen-bond acceptors (Lipinski definition) is 2. The monoisotopic (exact) mass is 255 g/mol. The van der Waals surface area contributed by atoms with E-state index in [1.807, 2.05) is 48.5 Å². The minimum atomic E-state index is 0.147. The predicted octanol–water partition coefficient (Wildman–Crippen LogP) is 4.26. The van der Waals surface area contributed by atoms with E-state index >= 15 is 0 Å². The Hall–Kier alpha value is -2.06. The Bertz CT molecular complexity index is 710. The van der Waals surface area contributed by atoms with Crippen molar-refractivity contribution in [1.29, 1.82) is 0 Å². The van der Waals surface area contributed by atoms with E-state index in [0.29, 0.717) is 5.15 Å². The zero-order valence-corrected chi connectivity index (χ0v) is 10.2. The quantitative estimate of drug-likeness (QED) is 0.659. The van der Waals surface area contributed by atoms with Crippen LogP contribution in [0.25, 0.3) is 21.9 Å². The van der Waals surface area contributed by atoms with Crippen molar-refractivity contribution in [2.45, 2.75) is 0 Å². The van der Waals surface area contributed by atoms with Crippen molar-refractivity contribution in [3.05, 3.63) is 59.9 Å². The first-order chi connectivity index (χ1) is 8.75. The van der Waals surface area contributed by atoms with Gasteiger partial charge in [-0.3, -0.25) is 0 Å². The lowest BCUT2D eigenvalue weighted by Gasteiger charge is -2.06. The van der Waals surface area contributed by atoms with Gasteiger partial charge in [0.05, 0.1) is 6.20 Å². The molecule has 18 heavy (non-hydrogen) atoms. The van der Waals surface area contributed by atoms with E-state index in [1.165, 1.54) is 6.20 Å². The van der Waals surface area contributed by atoms with Crippen LogP contribution < -0.4 is 0 Å². The molecule has 0 unspecified atom stereocenters. The van der Waals surface area contributed by atoms with Crippen LogP contribution in [-0.2, 0) is 0 Å². The highest BCUT2D eigenvalue weighted by Crippen LogP contribution is 2.32. The molecule has 0 aliphatic carbocycles. The normalized spacial score (nSPS) is 10.7. The number of benzene rings is 2. The number of halogens is 1. The lowest BCUT2D eigenvalue weighted by molar-refractivity contribution is 0.479. The Morgan fingerprint density at radius 2 is 1.67 bits per heavy atom. The largest absolute Gasteiger partial charge is 0.506 e. The number of pyridine rings is 1. The molecule has 3 rings (SSSR count). The number of aromatic nitrogens is 1. The van der Waals surface area contributed by atoms with Crippen molar-refractivity contribution in [3.8, 4) is 16.9 Å². The van der Waals surface area contributed by atoms with Crippen LogP contribution in [0, 0.1) is 0 Å². The number of nitrogens with zero attached hydrogens (tertiary/aromatic N) is 1. The highest BCUT2D eigenvalue weighted by Gasteiger charge is 2.06. The summed E-state index contributed by atoms with van der Waals surface area (Å²) in [5, 5.41) is 11.6. The Labute approximate surface area is 109 Å². The summed E-state index contributed by atoms with van der Waals surface area (Å²) >= 11 is 6.07. The summed E-state index contributed by atoms with van der Waals surface area (Å²) in [5.41, 5.74) is 2.16. The van der Waals surface area contributed by atoms with Crippen LogP contribution in [0.5, 0.6) is 5.75 Å². The average Bonchev–Trinajstić information content (AvgIpc) is 2.44. The second-order valence-corrected chi connectivity index (χ2v) is 4.42. The van der Waals surface area contributed by atoms with Crippen LogP contribution >= 0.6 is 11.6 Å². The van der Waals surface area contributed by atoms with Crippen LogP contribution in [0.1, 0.15) is 0 Å². The molecule has 0 fully saturated rings. The molecule has 3 aromatic rings. The topological polar surface area (TPSA) is 33.1 Å². The zero-order chi connectivity index (χ0) is 12.5. The molecule has 0 spiro atoms. The first-order valence-corrected chi connectivity index (χ1v) is 5.96. The number of aromatic hydroxyl groups is 1. The molecule has 1 heterocycles. The summed E-state index contributed by atoms with van der Waals surface area (Å²) in [6, 6.07) is 15.8. The molecule has 0 amide bonds. The predicted molar refractivity (Wildman–Crippen MR) is 73.9 cm³/mol. The van der Waals surface area contributed by atoms with E-state index in [0.717, 1.165) is 21.9 Å². The van der Waals surface area contributed by atoms with E-state index in [9.17, 15) is 5.11 Å². The van der Waals surface area contributed by atoms with Crippen LogP contribution in [-0.4, -0.2) is 10.1 Å². The van der Waals surface area contributed by atoms with Crippen LogP contribution in [0.15, 0.2) is 54.7 Å². The maximum Gasteiger partial charge on any atom is 0.141 e. The highest BCUT2D eigenvalue weighted by molar-refractivity contribution is 6.34. The van der Waals surface area contributed by atoms with Gasteiger partial charge in [-0.2, -0.15) is 0 Å². The fraction of sp³-hybridized carbons (Fsp3) is 0. The fourth-order valence-electron chi connectivity index (χ4n) is 2.01. The third kappa shape index (κ3) is 1.81. The van der Waals surface area contributed by atoms with E-state index in [-0.39, 0.29) is 5.75 Å². The highest BCUT2D eigenvalue weighted by atomic mass is 35.5. The molecule has 0 saturated carbocycles. The van der Waals surface area contributed by atoms with Gasteiger partial charge in [-0.05, 0) is 23.3 Å². The number of fused-ring (bicyclic) bond motifs is 1. The standard InChI is InChI=1S/C15H10ClNO/c16-15-13-8-11(10-4-2-1-3-5-10)6-7-12(13)14(18)9-17-15/h1-9,18H. The van der Waals surface area contributed by atoms with Gasteiger partial charge in [-0.1, -0.05) is 48.0 Å². The number of hydrogen-bond donors (Lipinski definition) is 1. The summed E-state index contributed by atoms with van der Waals surface area (Å²) in [5.74, 6) is 0.147. The third-order valence-corrected chi connectivity index (χ3v) is 3.23. The van der Waals surface area contributed by atoms with Crippen LogP contribution in [0.2, 0.25) is 5.15 Å². The molecule has 88 valence electrons. The molecule has 0 aliphatic heterocycles. The van der Waals surface area contributed by atoms with Crippen molar-refractivity contribution >= 4 is 22.4 Å². The van der Waals surface area contributed by atoms with Crippen molar-refractivity contribution in [3.63, 3.8) is 0 Å². The summed E-state index contributed by atoms with van der Waals surface area (Å²) in [6.07, 6.45) is 1.37. The number of rotatable bonds is 1. The SMILES string of the molecule is Oc1cnc(Cl)c2cc(-c3ccccc3)ccc12. The first-order valence-electron chi connectivity index (χ1n) is 5.58. The maximum absolute atomic E-state index is 9.74. The van der Waals surface area contributed by atoms with Crippen LogP contribution in [0.3, 0.4) is 0 Å². The molecule has 2 aromatic carbocycles. The Morgan fingerprint density at radius 1 is 0.889 bits per heavy atom. The molecular formula is C15H10ClNO. The summed E-state index contributed by atoms with van der Waals surface area (Å²) < 4.78 is 0. The van der Waals surface area contributed by atoms with E-state index < -0.39 is 0 Å². The summed E-state index contributed by atoms with van der Waals surface area (Å²) in [6.45, 7) is 0. The van der Waals surface area contributed by atoms with Gasteiger partial charge in [0.1, 0.15) is 10.9 Å². The smallest absolute Gasteiger partial charge is 0.141 e. The van der Waals surface area contributed by atoms with Crippen molar-refractivity contribution < 1.29 is 5.11 Å². The molecule has 1 aromatic heterocycles. The molecule has 1 N–H and O–H groups in total. The average molecular weight is 256 g/mol. The van der Waals surface area contributed by atoms with Crippen molar-refractivity contribution in [2.24, 2.45) is 0 Å². The maximum atomic E-state index is 9.74. The Morgan fingerprint density at radius 3 is 2.44 bits per heavy atom. The van der Waals surface area contributed by atoms with E-state index in [2.05, 4.69) is 4.98 Å². The Kier molecular flexibility index (Phi) is 2.65. The van der Waals surface area contributed by atoms with E-state index in [1.54, 1.807) is 0 Å². The van der Waals surface area contributed by atoms with Gasteiger partial charge in [0.15, 0.2) is 0 Å². The minimum Gasteiger partial charge on any atom is -0.506 e. The molecular weight excluding hydrogens is 246 g/mol. The lowest BCUT2D eigenvalue weighted by Crippen LogP contribution is -1.83. The van der Waals surface area contributed by atoms with Crippen molar-refractivity contribution in [1.82, 2.24) is 4.98 Å². The van der Waals surface area contributed by atoms with E-state index in [4.69, 9.17) is 11.6 Å². The lowest BCUT2D eigenvalue weighted by atomic mass is 10.0. The van der Waals surface area contributed by atoms with Gasteiger partial charge >= 0.3 is 0 Å². The Balaban J connectivity index is 2.26. The first kappa shape index (κ1) is 11.1. The molecule has 3 heteroatoms. The summed E-state index contributed by atoms with van der Waals surface area (Å²) in [4.78, 5) is 3.96. The van der Waals surface area contributed by atoms with Crippen LogP contribution in [0.4, 0.5) is 0 Å². The second-order valence-electron chi connectivity index (χ2n) is 4.06. The van der Waals surface area contributed by atoms with Gasteiger partial charge in [0.2, 0.25) is 0 Å². The van der Waals surface area contributed by atoms with Crippen molar-refractivity contribution in [2.75, 3.05) is 0 Å². The molecule has 0 atom stereocenters. The summed E-state index contributed by atoms with van der Waals surface area (Å²) in [7, 11) is 0. The van der Waals surface area contributed by atoms with Gasteiger partial charge in [-0.25, -0.2) is 4.98 Å². The van der Waals surface area contributed by atoms with Gasteiger partial charge in [0.25, 0.3) is 0 Å². The van der Waals surface area contributed by atoms with Gasteiger partial charge in [0, 0.05) is 10.8 Å². The molecule has 2 nitrogen and oxygen atoms in total. The zero-order valence-electron chi connectivity index (χ0n) is 9.47. The second kappa shape index (κ2) is 4.31. The molecule has 0 saturated heterocycles. The van der Waals surface area contributed by atoms with Gasteiger partial charge in [-0.15, -0.1) is 0 Å². The molecule has 0 radical (unpaired) electrons. The molecule has 0 bridgehead atoms. The fourth-order valence-corrected chi connectivity index (χ4v) is 2.21. The minimum absolute atomic E-state index is 0.147. The van der Waals surface area contributed by atoms with Gasteiger partial charge < -0.3 is 5.11 Å².